The molecule has 1 rings (SSSR count). The molecule has 0 aliphatic rings. The number of carbonyl (C=O) groups excluding carboxylic acids is 1. The number of amides is 1. The van der Waals surface area contributed by atoms with E-state index in [1.165, 1.54) is 0 Å². The van der Waals surface area contributed by atoms with Crippen molar-refractivity contribution in [2.75, 3.05) is 12.3 Å². The van der Waals surface area contributed by atoms with Crippen molar-refractivity contribution in [1.82, 2.24) is 5.32 Å². The van der Waals surface area contributed by atoms with Crippen LogP contribution >= 0.6 is 15.9 Å². The lowest BCUT2D eigenvalue weighted by Gasteiger charge is -2.15. The molecule has 0 heterocycles. The predicted molar refractivity (Wildman–Crippen MR) is 71.7 cm³/mol. The van der Waals surface area contributed by atoms with Gasteiger partial charge in [-0.15, -0.1) is 0 Å². The molecule has 1 unspecified atom stereocenters. The number of nitrogens with one attached hydrogen (secondary N) is 1. The molecule has 17 heavy (non-hydrogen) atoms. The van der Waals surface area contributed by atoms with Crippen LogP contribution in [0.15, 0.2) is 22.7 Å². The summed E-state index contributed by atoms with van der Waals surface area (Å²) in [6.07, 6.45) is -0.535. The standard InChI is InChI=1S/C12H17BrN2O2/c1-7(2)11(16)6-15-12(17)8-3-4-9(13)10(14)5-8/h3-5,7,11,16H,6,14H2,1-2H3,(H,15,17). The number of nitrogens with two attached hydrogens (primary N) is 1. The van der Waals surface area contributed by atoms with Crippen LogP contribution in [0.3, 0.4) is 0 Å². The number of hydrogen-bond acceptors (Lipinski definition) is 3. The minimum absolute atomic E-state index is 0.116. The van der Waals surface area contributed by atoms with E-state index >= 15 is 0 Å². The zero-order valence-electron chi connectivity index (χ0n) is 9.90. The van der Waals surface area contributed by atoms with Crippen molar-refractivity contribution in [2.24, 2.45) is 5.92 Å². The van der Waals surface area contributed by atoms with Gasteiger partial charge in [0.05, 0.1) is 6.10 Å². The first-order valence-electron chi connectivity index (χ1n) is 5.43. The van der Waals surface area contributed by atoms with E-state index in [1.54, 1.807) is 18.2 Å². The van der Waals surface area contributed by atoms with Gasteiger partial charge in [-0.05, 0) is 40.0 Å². The number of nitrogen functional groups attached to an aromatic ring is 1. The van der Waals surface area contributed by atoms with E-state index in [-0.39, 0.29) is 18.4 Å². The molecule has 5 heteroatoms. The Balaban J connectivity index is 2.61. The third kappa shape index (κ3) is 4.02. The number of hydrogen-bond donors (Lipinski definition) is 3. The van der Waals surface area contributed by atoms with Crippen molar-refractivity contribution in [1.29, 1.82) is 0 Å². The number of aliphatic hydroxyl groups excluding tert-OH is 1. The lowest BCUT2D eigenvalue weighted by Crippen LogP contribution is -2.34. The Morgan fingerprint density at radius 3 is 2.71 bits per heavy atom. The van der Waals surface area contributed by atoms with Gasteiger partial charge >= 0.3 is 0 Å². The summed E-state index contributed by atoms with van der Waals surface area (Å²) in [5.41, 5.74) is 6.69. The van der Waals surface area contributed by atoms with Gasteiger partial charge in [-0.1, -0.05) is 13.8 Å². The molecule has 4 nitrogen and oxygen atoms in total. The highest BCUT2D eigenvalue weighted by atomic mass is 79.9. The van der Waals surface area contributed by atoms with Crippen LogP contribution in [0.5, 0.6) is 0 Å². The Labute approximate surface area is 109 Å². The number of rotatable bonds is 4. The topological polar surface area (TPSA) is 75.3 Å². The summed E-state index contributed by atoms with van der Waals surface area (Å²) in [7, 11) is 0. The normalized spacial score (nSPS) is 12.5. The van der Waals surface area contributed by atoms with Gasteiger partial charge in [0.1, 0.15) is 0 Å². The Morgan fingerprint density at radius 1 is 1.53 bits per heavy atom. The van der Waals surface area contributed by atoms with Crippen LogP contribution in [0, 0.1) is 5.92 Å². The molecule has 1 aromatic carbocycles. The first kappa shape index (κ1) is 14.0. The van der Waals surface area contributed by atoms with Crippen LogP contribution < -0.4 is 11.1 Å². The molecule has 0 bridgehead atoms. The second kappa shape index (κ2) is 6.02. The first-order valence-corrected chi connectivity index (χ1v) is 6.22. The van der Waals surface area contributed by atoms with E-state index < -0.39 is 6.10 Å². The summed E-state index contributed by atoms with van der Waals surface area (Å²) in [5, 5.41) is 12.2. The van der Waals surface area contributed by atoms with Crippen LogP contribution in [0.2, 0.25) is 0 Å². The van der Waals surface area contributed by atoms with Crippen molar-refractivity contribution < 1.29 is 9.90 Å². The number of halogens is 1. The Hall–Kier alpha value is -1.07. The van der Waals surface area contributed by atoms with Gasteiger partial charge in [0.25, 0.3) is 5.91 Å². The highest BCUT2D eigenvalue weighted by molar-refractivity contribution is 9.10. The number of anilines is 1. The minimum Gasteiger partial charge on any atom is -0.398 e. The average Bonchev–Trinajstić information content (AvgIpc) is 2.28. The average molecular weight is 301 g/mol. The maximum Gasteiger partial charge on any atom is 0.251 e. The lowest BCUT2D eigenvalue weighted by atomic mass is 10.1. The van der Waals surface area contributed by atoms with Gasteiger partial charge in [-0.2, -0.15) is 0 Å². The van der Waals surface area contributed by atoms with Gasteiger partial charge in [-0.3, -0.25) is 4.79 Å². The van der Waals surface area contributed by atoms with Gasteiger partial charge < -0.3 is 16.2 Å². The van der Waals surface area contributed by atoms with Gasteiger partial charge in [0, 0.05) is 22.3 Å². The highest BCUT2D eigenvalue weighted by Gasteiger charge is 2.12. The van der Waals surface area contributed by atoms with E-state index in [0.29, 0.717) is 11.3 Å². The molecular formula is C12H17BrN2O2. The summed E-state index contributed by atoms with van der Waals surface area (Å²) >= 11 is 3.26. The molecule has 94 valence electrons. The van der Waals surface area contributed by atoms with Gasteiger partial charge in [0.2, 0.25) is 0 Å². The predicted octanol–water partition coefficient (Wildman–Crippen LogP) is 1.78. The van der Waals surface area contributed by atoms with Gasteiger partial charge in [-0.25, -0.2) is 0 Å². The molecule has 0 saturated carbocycles. The maximum absolute atomic E-state index is 11.7. The van der Waals surface area contributed by atoms with Crippen molar-refractivity contribution in [3.05, 3.63) is 28.2 Å². The molecule has 4 N–H and O–H groups in total. The smallest absolute Gasteiger partial charge is 0.251 e. The van der Waals surface area contributed by atoms with Crippen molar-refractivity contribution in [3.8, 4) is 0 Å². The fourth-order valence-electron chi connectivity index (χ4n) is 1.22. The van der Waals surface area contributed by atoms with Crippen molar-refractivity contribution in [2.45, 2.75) is 20.0 Å². The maximum atomic E-state index is 11.7. The van der Waals surface area contributed by atoms with Crippen molar-refractivity contribution >= 4 is 27.5 Å². The molecule has 0 aromatic heterocycles. The van der Waals surface area contributed by atoms with Gasteiger partial charge in [0.15, 0.2) is 0 Å². The molecule has 0 spiro atoms. The molecule has 1 aromatic rings. The zero-order chi connectivity index (χ0) is 13.0. The third-order valence-corrected chi connectivity index (χ3v) is 3.22. The summed E-state index contributed by atoms with van der Waals surface area (Å²) in [4.78, 5) is 11.7. The highest BCUT2D eigenvalue weighted by Crippen LogP contribution is 2.20. The fraction of sp³-hybridized carbons (Fsp3) is 0.417. The Bertz CT molecular complexity index is 407. The van der Waals surface area contributed by atoms with E-state index in [9.17, 15) is 9.90 Å². The SMILES string of the molecule is CC(C)C(O)CNC(=O)c1ccc(Br)c(N)c1. The quantitative estimate of drug-likeness (QED) is 0.742. The number of aliphatic hydroxyl groups is 1. The molecule has 0 saturated heterocycles. The minimum atomic E-state index is -0.535. The molecule has 0 aliphatic heterocycles. The summed E-state index contributed by atoms with van der Waals surface area (Å²) in [5.74, 6) is -0.116. The van der Waals surface area contributed by atoms with Crippen molar-refractivity contribution in [3.63, 3.8) is 0 Å². The molecule has 0 fully saturated rings. The second-order valence-electron chi connectivity index (χ2n) is 4.26. The summed E-state index contributed by atoms with van der Waals surface area (Å²) in [6.45, 7) is 4.04. The van der Waals surface area contributed by atoms with Crippen LogP contribution in [0.4, 0.5) is 5.69 Å². The first-order chi connectivity index (χ1) is 7.91. The third-order valence-electron chi connectivity index (χ3n) is 2.50. The molecule has 0 aliphatic carbocycles. The molecule has 1 atom stereocenters. The fourth-order valence-corrected chi connectivity index (χ4v) is 1.47. The van der Waals surface area contributed by atoms with E-state index in [4.69, 9.17) is 5.73 Å². The largest absolute Gasteiger partial charge is 0.398 e. The van der Waals surface area contributed by atoms with Crippen LogP contribution in [0.25, 0.3) is 0 Å². The Morgan fingerprint density at radius 2 is 2.18 bits per heavy atom. The van der Waals surface area contributed by atoms with Crippen LogP contribution in [-0.2, 0) is 0 Å². The van der Waals surface area contributed by atoms with E-state index in [1.807, 2.05) is 13.8 Å². The second-order valence-corrected chi connectivity index (χ2v) is 5.11. The number of benzene rings is 1. The monoisotopic (exact) mass is 300 g/mol. The van der Waals surface area contributed by atoms with Crippen LogP contribution in [0.1, 0.15) is 24.2 Å². The van der Waals surface area contributed by atoms with E-state index in [0.717, 1.165) is 4.47 Å². The van der Waals surface area contributed by atoms with E-state index in [2.05, 4.69) is 21.2 Å². The Kier molecular flexibility index (Phi) is 4.96. The van der Waals surface area contributed by atoms with Crippen LogP contribution in [-0.4, -0.2) is 23.7 Å². The number of carbonyl (C=O) groups is 1. The molecule has 1 amide bonds. The molecule has 0 radical (unpaired) electrons. The summed E-state index contributed by atoms with van der Waals surface area (Å²) in [6, 6.07) is 5.00. The lowest BCUT2D eigenvalue weighted by molar-refractivity contribution is 0.0871. The zero-order valence-corrected chi connectivity index (χ0v) is 11.5. The molecular weight excluding hydrogens is 284 g/mol. The summed E-state index contributed by atoms with van der Waals surface area (Å²) < 4.78 is 0.760.